The van der Waals surface area contributed by atoms with Gasteiger partial charge in [0.25, 0.3) is 0 Å². The molecule has 3 heterocycles. The van der Waals surface area contributed by atoms with E-state index in [1.54, 1.807) is 24.4 Å². The van der Waals surface area contributed by atoms with Crippen LogP contribution in [0.15, 0.2) is 53.9 Å². The SMILES string of the molecule is NC(N)=NC(=O)OCc1cccc(N2CCC(Oc3ccc4nccn4c3)CC2)c1F. The van der Waals surface area contributed by atoms with Gasteiger partial charge in [-0.15, -0.1) is 4.99 Å². The van der Waals surface area contributed by atoms with Crippen LogP contribution in [0.5, 0.6) is 5.75 Å². The quantitative estimate of drug-likeness (QED) is 0.475. The number of guanidine groups is 1. The van der Waals surface area contributed by atoms with Crippen molar-refractivity contribution < 1.29 is 18.7 Å². The Hall–Kier alpha value is -3.82. The molecule has 1 saturated heterocycles. The van der Waals surface area contributed by atoms with Crippen molar-refractivity contribution in [1.29, 1.82) is 0 Å². The Morgan fingerprint density at radius 1 is 1.23 bits per heavy atom. The third-order valence-corrected chi connectivity index (χ3v) is 5.08. The highest BCUT2D eigenvalue weighted by atomic mass is 19.1. The summed E-state index contributed by atoms with van der Waals surface area (Å²) in [5, 5.41) is 0. The maximum atomic E-state index is 15.0. The maximum absolute atomic E-state index is 15.0. The van der Waals surface area contributed by atoms with Crippen LogP contribution < -0.4 is 21.1 Å². The van der Waals surface area contributed by atoms with E-state index in [2.05, 4.69) is 9.98 Å². The number of nitrogens with two attached hydrogens (primary N) is 2. The zero-order valence-electron chi connectivity index (χ0n) is 16.8. The van der Waals surface area contributed by atoms with Gasteiger partial charge in [0, 0.05) is 43.9 Å². The molecule has 1 amide bonds. The molecule has 1 aromatic carbocycles. The Morgan fingerprint density at radius 3 is 2.81 bits per heavy atom. The second kappa shape index (κ2) is 8.90. The van der Waals surface area contributed by atoms with Crippen LogP contribution in [0.3, 0.4) is 0 Å². The molecular formula is C21H23FN6O3. The molecule has 0 aliphatic carbocycles. The van der Waals surface area contributed by atoms with Gasteiger partial charge in [0.15, 0.2) is 11.8 Å². The van der Waals surface area contributed by atoms with E-state index in [9.17, 15) is 9.18 Å². The van der Waals surface area contributed by atoms with E-state index < -0.39 is 17.9 Å². The molecule has 1 fully saturated rings. The summed E-state index contributed by atoms with van der Waals surface area (Å²) < 4.78 is 27.9. The van der Waals surface area contributed by atoms with E-state index in [0.717, 1.165) is 24.2 Å². The summed E-state index contributed by atoms with van der Waals surface area (Å²) >= 11 is 0. The Labute approximate surface area is 178 Å². The lowest BCUT2D eigenvalue weighted by Gasteiger charge is -2.34. The van der Waals surface area contributed by atoms with Crippen LogP contribution in [-0.2, 0) is 11.3 Å². The number of imidazole rings is 1. The van der Waals surface area contributed by atoms with Gasteiger partial charge in [-0.3, -0.25) is 0 Å². The second-order valence-electron chi connectivity index (χ2n) is 7.20. The Morgan fingerprint density at radius 2 is 2.03 bits per heavy atom. The lowest BCUT2D eigenvalue weighted by molar-refractivity contribution is 0.149. The van der Waals surface area contributed by atoms with Crippen LogP contribution in [-0.4, -0.2) is 40.6 Å². The number of pyridine rings is 1. The topological polar surface area (TPSA) is 120 Å². The Balaban J connectivity index is 1.35. The molecule has 1 aliphatic rings. The molecule has 3 aromatic rings. The molecule has 31 heavy (non-hydrogen) atoms. The van der Waals surface area contributed by atoms with Crippen LogP contribution in [0.1, 0.15) is 18.4 Å². The van der Waals surface area contributed by atoms with Gasteiger partial charge in [-0.25, -0.2) is 14.2 Å². The van der Waals surface area contributed by atoms with Gasteiger partial charge < -0.3 is 30.2 Å². The van der Waals surface area contributed by atoms with Gasteiger partial charge in [0.2, 0.25) is 0 Å². The summed E-state index contributed by atoms with van der Waals surface area (Å²) in [6.07, 6.45) is 6.11. The predicted molar refractivity (Wildman–Crippen MR) is 113 cm³/mol. The van der Waals surface area contributed by atoms with Gasteiger partial charge in [-0.2, -0.15) is 0 Å². The third-order valence-electron chi connectivity index (χ3n) is 5.08. The number of rotatable bonds is 5. The van der Waals surface area contributed by atoms with E-state index >= 15 is 0 Å². The zero-order chi connectivity index (χ0) is 21.8. The number of carbonyl (C=O) groups excluding carboxylic acids is 1. The highest BCUT2D eigenvalue weighted by molar-refractivity contribution is 5.87. The van der Waals surface area contributed by atoms with Crippen molar-refractivity contribution in [3.05, 3.63) is 60.3 Å². The molecule has 0 radical (unpaired) electrons. The molecule has 10 heteroatoms. The molecule has 0 spiro atoms. The van der Waals surface area contributed by atoms with Gasteiger partial charge >= 0.3 is 6.09 Å². The number of carbonyl (C=O) groups is 1. The standard InChI is InChI=1S/C21H23FN6O3/c22-19-14(13-30-21(29)26-20(23)24)2-1-3-17(19)27-9-6-15(7-10-27)31-16-4-5-18-25-8-11-28(18)12-16/h1-5,8,11-12,15H,6-7,9-10,13H2,(H4,23,24,26,29). The molecule has 1 aliphatic heterocycles. The summed E-state index contributed by atoms with van der Waals surface area (Å²) in [4.78, 5) is 20.9. The molecular weight excluding hydrogens is 403 g/mol. The Bertz CT molecular complexity index is 1100. The number of ether oxygens (including phenoxy) is 2. The molecule has 0 bridgehead atoms. The number of aromatic nitrogens is 2. The molecule has 4 rings (SSSR count). The van der Waals surface area contributed by atoms with E-state index in [0.29, 0.717) is 18.8 Å². The fourth-order valence-corrected chi connectivity index (χ4v) is 3.58. The highest BCUT2D eigenvalue weighted by Gasteiger charge is 2.24. The van der Waals surface area contributed by atoms with Crippen molar-refractivity contribution in [1.82, 2.24) is 9.38 Å². The first-order valence-electron chi connectivity index (χ1n) is 9.87. The number of halogens is 1. The van der Waals surface area contributed by atoms with Crippen LogP contribution in [0.2, 0.25) is 0 Å². The van der Waals surface area contributed by atoms with Crippen LogP contribution in [0, 0.1) is 5.82 Å². The average Bonchev–Trinajstić information content (AvgIpc) is 3.21. The molecule has 162 valence electrons. The summed E-state index contributed by atoms with van der Waals surface area (Å²) in [5.74, 6) is -0.0566. The molecule has 9 nitrogen and oxygen atoms in total. The van der Waals surface area contributed by atoms with Crippen molar-refractivity contribution in [2.24, 2.45) is 16.5 Å². The third kappa shape index (κ3) is 4.85. The number of piperidine rings is 1. The second-order valence-corrected chi connectivity index (χ2v) is 7.20. The van der Waals surface area contributed by atoms with E-state index in [-0.39, 0.29) is 18.3 Å². The average molecular weight is 426 g/mol. The van der Waals surface area contributed by atoms with Gasteiger partial charge in [-0.1, -0.05) is 12.1 Å². The van der Waals surface area contributed by atoms with Gasteiger partial charge in [-0.05, 0) is 18.2 Å². The number of benzene rings is 1. The normalized spacial score (nSPS) is 14.4. The fraction of sp³-hybridized carbons (Fsp3) is 0.286. The lowest BCUT2D eigenvalue weighted by Crippen LogP contribution is -2.38. The number of aliphatic imine (C=N–C) groups is 1. The highest BCUT2D eigenvalue weighted by Crippen LogP contribution is 2.27. The van der Waals surface area contributed by atoms with Crippen molar-refractivity contribution in [3.8, 4) is 5.75 Å². The van der Waals surface area contributed by atoms with E-state index in [1.807, 2.05) is 33.8 Å². The van der Waals surface area contributed by atoms with Gasteiger partial charge in [0.1, 0.15) is 24.1 Å². The fourth-order valence-electron chi connectivity index (χ4n) is 3.58. The monoisotopic (exact) mass is 426 g/mol. The number of amides is 1. The largest absolute Gasteiger partial charge is 0.489 e. The number of nitrogens with zero attached hydrogens (tertiary/aromatic N) is 4. The molecule has 0 atom stereocenters. The van der Waals surface area contributed by atoms with Crippen molar-refractivity contribution in [2.75, 3.05) is 18.0 Å². The first kappa shape index (κ1) is 20.5. The summed E-state index contributed by atoms with van der Waals surface area (Å²) in [6.45, 7) is 1.03. The minimum Gasteiger partial charge on any atom is -0.489 e. The number of anilines is 1. The first-order valence-corrected chi connectivity index (χ1v) is 9.87. The predicted octanol–water partition coefficient (Wildman–Crippen LogP) is 2.43. The molecule has 4 N–H and O–H groups in total. The van der Waals surface area contributed by atoms with E-state index in [4.69, 9.17) is 20.9 Å². The first-order chi connectivity index (χ1) is 15.0. The van der Waals surface area contributed by atoms with Crippen LogP contribution >= 0.6 is 0 Å². The van der Waals surface area contributed by atoms with Crippen LogP contribution in [0.25, 0.3) is 5.65 Å². The summed E-state index contributed by atoms with van der Waals surface area (Å²) in [7, 11) is 0. The van der Waals surface area contributed by atoms with Crippen molar-refractivity contribution in [2.45, 2.75) is 25.6 Å². The summed E-state index contributed by atoms with van der Waals surface area (Å²) in [6, 6.07) is 8.81. The zero-order valence-corrected chi connectivity index (χ0v) is 16.8. The molecule has 2 aromatic heterocycles. The Kier molecular flexibility index (Phi) is 5.87. The number of hydrogen-bond donors (Lipinski definition) is 2. The van der Waals surface area contributed by atoms with Crippen molar-refractivity contribution in [3.63, 3.8) is 0 Å². The smallest absolute Gasteiger partial charge is 0.437 e. The van der Waals surface area contributed by atoms with Gasteiger partial charge in [0.05, 0.1) is 11.9 Å². The minimum atomic E-state index is -0.961. The number of fused-ring (bicyclic) bond motifs is 1. The molecule has 0 unspecified atom stereocenters. The maximum Gasteiger partial charge on any atom is 0.437 e. The summed E-state index contributed by atoms with van der Waals surface area (Å²) in [5.41, 5.74) is 11.8. The molecule has 0 saturated carbocycles. The minimum absolute atomic E-state index is 0.0454. The van der Waals surface area contributed by atoms with E-state index in [1.165, 1.54) is 0 Å². The van der Waals surface area contributed by atoms with Crippen molar-refractivity contribution >= 4 is 23.4 Å². The number of hydrogen-bond acceptors (Lipinski definition) is 5. The lowest BCUT2D eigenvalue weighted by atomic mass is 10.1. The van der Waals surface area contributed by atoms with Crippen LogP contribution in [0.4, 0.5) is 14.9 Å².